The minimum absolute atomic E-state index is 0. The van der Waals surface area contributed by atoms with E-state index in [9.17, 15) is 0 Å². The fourth-order valence-corrected chi connectivity index (χ4v) is 0. The summed E-state index contributed by atoms with van der Waals surface area (Å²) in [7, 11) is 0. The quantitative estimate of drug-likeness (QED) is 0.298. The predicted molar refractivity (Wildman–Crippen MR) is 41.5 cm³/mol. The van der Waals surface area contributed by atoms with Gasteiger partial charge in [-0.15, -0.1) is 0 Å². The molecule has 0 fully saturated rings. The maximum atomic E-state index is 8.93. The topological polar surface area (TPSA) is 241 Å². The van der Waals surface area contributed by atoms with Gasteiger partial charge in [0.2, 0.25) is 0 Å². The van der Waals surface area contributed by atoms with Gasteiger partial charge in [0.05, 0.1) is 35.8 Å². The van der Waals surface area contributed by atoms with Crippen molar-refractivity contribution in [1.82, 2.24) is 0 Å². The summed E-state index contributed by atoms with van der Waals surface area (Å²) in [6.07, 6.45) is 0. The Bertz CT molecular complexity index is 281. The van der Waals surface area contributed by atoms with Crippen molar-refractivity contribution >= 4 is 70.5 Å². The SMILES string of the molecule is O=C([O-])C(=O)[O-].O=C([O-])C(=O)[O-].O=C([O-])C(=O)[O-].[Al].[Al]. The lowest BCUT2D eigenvalue weighted by Gasteiger charge is -1.97. The predicted octanol–water partition coefficient (Wildman–Crippen LogP) is -11.3. The Morgan fingerprint density at radius 3 is 0.400 bits per heavy atom. The summed E-state index contributed by atoms with van der Waals surface area (Å²) < 4.78 is 0. The van der Waals surface area contributed by atoms with Crippen LogP contribution in [0.1, 0.15) is 0 Å². The Hall–Kier alpha value is -2.12. The maximum absolute atomic E-state index is 8.93. The summed E-state index contributed by atoms with van der Waals surface area (Å²) in [5.74, 6) is -13.1. The molecule has 0 rings (SSSR count). The van der Waals surface area contributed by atoms with Crippen molar-refractivity contribution in [3.63, 3.8) is 0 Å². The van der Waals surface area contributed by atoms with Crippen molar-refractivity contribution in [3.05, 3.63) is 0 Å². The second-order valence-electron chi connectivity index (χ2n) is 1.72. The number of rotatable bonds is 0. The van der Waals surface area contributed by atoms with Crippen molar-refractivity contribution in [1.29, 1.82) is 0 Å². The van der Waals surface area contributed by atoms with Gasteiger partial charge in [0.25, 0.3) is 0 Å². The Balaban J connectivity index is -0.0000000536. The summed E-state index contributed by atoms with van der Waals surface area (Å²) >= 11 is 0. The third-order valence-electron chi connectivity index (χ3n) is 0.500. The third-order valence-corrected chi connectivity index (χ3v) is 0.500. The molecule has 0 bridgehead atoms. The molecule has 0 unspecified atom stereocenters. The number of hydrogen-bond acceptors (Lipinski definition) is 12. The first-order chi connectivity index (χ1) is 7.93. The fourth-order valence-electron chi connectivity index (χ4n) is 0. The highest BCUT2D eigenvalue weighted by atomic mass is 27.0. The van der Waals surface area contributed by atoms with Crippen molar-refractivity contribution in [2.24, 2.45) is 0 Å². The molecule has 0 spiro atoms. The van der Waals surface area contributed by atoms with E-state index in [1.165, 1.54) is 0 Å². The van der Waals surface area contributed by atoms with E-state index in [0.29, 0.717) is 0 Å². The summed E-state index contributed by atoms with van der Waals surface area (Å²) in [4.78, 5) is 53.6. The van der Waals surface area contributed by atoms with Crippen LogP contribution in [0, 0.1) is 0 Å². The zero-order chi connectivity index (χ0) is 15.5. The van der Waals surface area contributed by atoms with Crippen LogP contribution in [-0.4, -0.2) is 70.5 Å². The Morgan fingerprint density at radius 1 is 0.350 bits per heavy atom. The summed E-state index contributed by atoms with van der Waals surface area (Å²) in [5, 5.41) is 53.6. The van der Waals surface area contributed by atoms with Crippen LogP contribution in [0.2, 0.25) is 0 Å². The molecule has 0 saturated carbocycles. The maximum Gasteiger partial charge on any atom is 0.0870 e. The number of carbonyl (C=O) groups excluding carboxylic acids is 6. The molecule has 0 aromatic heterocycles. The Kier molecular flexibility index (Phi) is 25.9. The lowest BCUT2D eigenvalue weighted by Crippen LogP contribution is -2.42. The molecule has 0 aromatic carbocycles. The van der Waals surface area contributed by atoms with Crippen molar-refractivity contribution in [2.45, 2.75) is 0 Å². The second kappa shape index (κ2) is 16.9. The second-order valence-corrected chi connectivity index (χ2v) is 1.72. The van der Waals surface area contributed by atoms with E-state index in [2.05, 4.69) is 0 Å². The van der Waals surface area contributed by atoms with Crippen LogP contribution < -0.4 is 30.6 Å². The highest BCUT2D eigenvalue weighted by molar-refractivity contribution is 6.25. The zero-order valence-corrected chi connectivity index (χ0v) is 11.4. The monoisotopic (exact) mass is 318 g/mol. The van der Waals surface area contributed by atoms with Crippen LogP contribution in [0.5, 0.6) is 0 Å². The average Bonchev–Trinajstić information content (AvgIpc) is 2.18. The summed E-state index contributed by atoms with van der Waals surface area (Å²) in [5.41, 5.74) is 0. The normalized spacial score (nSPS) is 6.60. The lowest BCUT2D eigenvalue weighted by atomic mass is 10.7. The lowest BCUT2D eigenvalue weighted by molar-refractivity contribution is -0.345. The molecule has 0 aliphatic rings. The molecular formula is C6Al2O12-6. The molecule has 0 heterocycles. The molecule has 6 radical (unpaired) electrons. The number of carboxylic acids is 6. The highest BCUT2D eigenvalue weighted by Crippen LogP contribution is 1.42. The zero-order valence-electron chi connectivity index (χ0n) is 9.05. The van der Waals surface area contributed by atoms with Gasteiger partial charge in [-0.25, -0.2) is 0 Å². The van der Waals surface area contributed by atoms with Gasteiger partial charge in [-0.1, -0.05) is 0 Å². The Morgan fingerprint density at radius 2 is 0.400 bits per heavy atom. The van der Waals surface area contributed by atoms with Gasteiger partial charge in [-0.2, -0.15) is 0 Å². The average molecular weight is 318 g/mol. The molecule has 108 valence electrons. The first-order valence-electron chi connectivity index (χ1n) is 3.20. The Labute approximate surface area is 130 Å². The number of hydrogen-bond donors (Lipinski definition) is 0. The minimum atomic E-state index is -2.19. The molecule has 12 nitrogen and oxygen atoms in total. The standard InChI is InChI=1S/3C2H2O4.2Al/c3*3-1(4)2(5)6;;/h3*(H,3,4)(H,5,6);;/p-6. The van der Waals surface area contributed by atoms with E-state index in [1.54, 1.807) is 0 Å². The van der Waals surface area contributed by atoms with Gasteiger partial charge in [0, 0.05) is 34.7 Å². The van der Waals surface area contributed by atoms with Crippen molar-refractivity contribution in [3.8, 4) is 0 Å². The highest BCUT2D eigenvalue weighted by Gasteiger charge is 1.75. The molecule has 0 saturated heterocycles. The van der Waals surface area contributed by atoms with Gasteiger partial charge >= 0.3 is 0 Å². The van der Waals surface area contributed by atoms with E-state index in [4.69, 9.17) is 59.4 Å². The fraction of sp³-hybridized carbons (Fsp3) is 0. The van der Waals surface area contributed by atoms with Crippen LogP contribution in [0.25, 0.3) is 0 Å². The van der Waals surface area contributed by atoms with Gasteiger partial charge in [0.15, 0.2) is 0 Å². The number of carbonyl (C=O) groups is 6. The molecule has 14 heteroatoms. The molecule has 0 atom stereocenters. The van der Waals surface area contributed by atoms with Crippen LogP contribution in [0.3, 0.4) is 0 Å². The molecule has 0 amide bonds. The van der Waals surface area contributed by atoms with Gasteiger partial charge < -0.3 is 59.4 Å². The van der Waals surface area contributed by atoms with E-state index in [1.807, 2.05) is 0 Å². The number of carboxylic acid groups (broad SMARTS) is 6. The van der Waals surface area contributed by atoms with E-state index in [0.717, 1.165) is 0 Å². The van der Waals surface area contributed by atoms with Crippen LogP contribution in [0.15, 0.2) is 0 Å². The molecule has 0 aromatic rings. The van der Waals surface area contributed by atoms with Crippen LogP contribution in [-0.2, 0) is 28.8 Å². The summed E-state index contributed by atoms with van der Waals surface area (Å²) in [6, 6.07) is 0. The van der Waals surface area contributed by atoms with E-state index >= 15 is 0 Å². The minimum Gasteiger partial charge on any atom is -0.543 e. The van der Waals surface area contributed by atoms with Gasteiger partial charge in [0.1, 0.15) is 0 Å². The van der Waals surface area contributed by atoms with E-state index < -0.39 is 35.8 Å². The molecular weight excluding hydrogens is 318 g/mol. The first-order valence-corrected chi connectivity index (χ1v) is 3.20. The van der Waals surface area contributed by atoms with Crippen molar-refractivity contribution < 1.29 is 59.4 Å². The molecule has 0 N–H and O–H groups in total. The first kappa shape index (κ1) is 30.7. The molecule has 20 heavy (non-hydrogen) atoms. The van der Waals surface area contributed by atoms with E-state index in [-0.39, 0.29) is 34.7 Å². The van der Waals surface area contributed by atoms with Crippen molar-refractivity contribution in [2.75, 3.05) is 0 Å². The van der Waals surface area contributed by atoms with Crippen LogP contribution in [0.4, 0.5) is 0 Å². The third kappa shape index (κ3) is 36.0. The number of aliphatic carboxylic acids is 6. The molecule has 0 aliphatic heterocycles. The smallest absolute Gasteiger partial charge is 0.0870 e. The van der Waals surface area contributed by atoms with Crippen LogP contribution >= 0.6 is 0 Å². The largest absolute Gasteiger partial charge is 0.543 e. The van der Waals surface area contributed by atoms with Gasteiger partial charge in [-0.05, 0) is 0 Å². The molecule has 0 aliphatic carbocycles. The van der Waals surface area contributed by atoms with Gasteiger partial charge in [-0.3, -0.25) is 0 Å². The summed E-state index contributed by atoms with van der Waals surface area (Å²) in [6.45, 7) is 0.